The summed E-state index contributed by atoms with van der Waals surface area (Å²) in [6.45, 7) is 0. The van der Waals surface area contributed by atoms with Crippen molar-refractivity contribution in [2.24, 2.45) is 0 Å². The van der Waals surface area contributed by atoms with E-state index in [-0.39, 0.29) is 16.9 Å². The SMILES string of the molecule is COc1cc2c(=O)ccoc2cc1O. The summed E-state index contributed by atoms with van der Waals surface area (Å²) in [7, 11) is 1.42. The van der Waals surface area contributed by atoms with Gasteiger partial charge in [-0.05, 0) is 6.07 Å². The fourth-order valence-corrected chi connectivity index (χ4v) is 1.26. The van der Waals surface area contributed by atoms with Gasteiger partial charge in [-0.25, -0.2) is 0 Å². The molecule has 1 aromatic carbocycles. The molecule has 2 rings (SSSR count). The Hall–Kier alpha value is -1.97. The molecule has 4 nitrogen and oxygen atoms in total. The average Bonchev–Trinajstić information content (AvgIpc) is 2.17. The number of methoxy groups -OCH3 is 1. The summed E-state index contributed by atoms with van der Waals surface area (Å²) in [6, 6.07) is 4.13. The van der Waals surface area contributed by atoms with Crippen molar-refractivity contribution >= 4 is 11.0 Å². The van der Waals surface area contributed by atoms with Gasteiger partial charge in [0.25, 0.3) is 0 Å². The van der Waals surface area contributed by atoms with E-state index in [2.05, 4.69) is 0 Å². The van der Waals surface area contributed by atoms with E-state index >= 15 is 0 Å². The number of hydrogen-bond donors (Lipinski definition) is 1. The predicted octanol–water partition coefficient (Wildman–Crippen LogP) is 1.51. The molecule has 72 valence electrons. The minimum atomic E-state index is -0.162. The number of hydrogen-bond acceptors (Lipinski definition) is 4. The van der Waals surface area contributed by atoms with Crippen LogP contribution >= 0.6 is 0 Å². The molecular weight excluding hydrogens is 184 g/mol. The van der Waals surface area contributed by atoms with Crippen molar-refractivity contribution in [3.05, 3.63) is 34.7 Å². The highest BCUT2D eigenvalue weighted by Gasteiger charge is 2.07. The molecule has 0 radical (unpaired) electrons. The number of ether oxygens (including phenoxy) is 1. The zero-order valence-electron chi connectivity index (χ0n) is 7.48. The number of fused-ring (bicyclic) bond motifs is 1. The molecule has 0 spiro atoms. The Morgan fingerprint density at radius 3 is 2.93 bits per heavy atom. The lowest BCUT2D eigenvalue weighted by atomic mass is 10.2. The van der Waals surface area contributed by atoms with E-state index in [1.807, 2.05) is 0 Å². The van der Waals surface area contributed by atoms with Crippen LogP contribution in [0.5, 0.6) is 11.5 Å². The summed E-state index contributed by atoms with van der Waals surface area (Å²) in [5.41, 5.74) is 0.181. The highest BCUT2D eigenvalue weighted by atomic mass is 16.5. The quantitative estimate of drug-likeness (QED) is 0.743. The van der Waals surface area contributed by atoms with Gasteiger partial charge in [0.1, 0.15) is 5.58 Å². The molecule has 0 saturated carbocycles. The highest BCUT2D eigenvalue weighted by Crippen LogP contribution is 2.29. The smallest absolute Gasteiger partial charge is 0.192 e. The van der Waals surface area contributed by atoms with Crippen LogP contribution in [0.1, 0.15) is 0 Å². The van der Waals surface area contributed by atoms with Crippen molar-refractivity contribution in [3.8, 4) is 11.5 Å². The molecule has 0 amide bonds. The summed E-state index contributed by atoms with van der Waals surface area (Å²) >= 11 is 0. The number of phenolic OH excluding ortho intramolecular Hbond substituents is 1. The normalized spacial score (nSPS) is 10.4. The van der Waals surface area contributed by atoms with Gasteiger partial charge in [-0.15, -0.1) is 0 Å². The maximum absolute atomic E-state index is 11.4. The van der Waals surface area contributed by atoms with Crippen LogP contribution in [0.25, 0.3) is 11.0 Å². The molecule has 0 saturated heterocycles. The Morgan fingerprint density at radius 1 is 1.43 bits per heavy atom. The minimum absolute atomic E-state index is 0.0469. The van der Waals surface area contributed by atoms with E-state index in [1.165, 1.54) is 31.6 Å². The monoisotopic (exact) mass is 192 g/mol. The van der Waals surface area contributed by atoms with E-state index < -0.39 is 0 Å². The lowest BCUT2D eigenvalue weighted by Gasteiger charge is -2.03. The summed E-state index contributed by atoms with van der Waals surface area (Å²) in [5, 5.41) is 9.80. The fourth-order valence-electron chi connectivity index (χ4n) is 1.26. The Labute approximate surface area is 79.4 Å². The van der Waals surface area contributed by atoms with Crippen molar-refractivity contribution < 1.29 is 14.3 Å². The molecule has 1 aromatic heterocycles. The van der Waals surface area contributed by atoms with Gasteiger partial charge in [-0.1, -0.05) is 0 Å². The molecule has 2 aromatic rings. The van der Waals surface area contributed by atoms with E-state index in [9.17, 15) is 9.90 Å². The summed E-state index contributed by atoms with van der Waals surface area (Å²) in [5.74, 6) is 0.213. The molecule has 0 unspecified atom stereocenters. The average molecular weight is 192 g/mol. The topological polar surface area (TPSA) is 59.7 Å². The van der Waals surface area contributed by atoms with E-state index in [4.69, 9.17) is 9.15 Å². The third kappa shape index (κ3) is 1.21. The molecule has 4 heteroatoms. The molecule has 1 N–H and O–H groups in total. The van der Waals surface area contributed by atoms with Crippen molar-refractivity contribution in [2.45, 2.75) is 0 Å². The maximum atomic E-state index is 11.4. The Balaban J connectivity index is 2.87. The van der Waals surface area contributed by atoms with Crippen LogP contribution in [-0.4, -0.2) is 12.2 Å². The molecular formula is C10H8O4. The van der Waals surface area contributed by atoms with Crippen LogP contribution in [-0.2, 0) is 0 Å². The predicted molar refractivity (Wildman–Crippen MR) is 50.7 cm³/mol. The third-order valence-corrected chi connectivity index (χ3v) is 1.96. The first-order chi connectivity index (χ1) is 6.72. The standard InChI is InChI=1S/C10H8O4/c1-13-10-4-6-7(11)2-3-14-9(6)5-8(10)12/h2-5,12H,1H3. The van der Waals surface area contributed by atoms with Gasteiger partial charge in [0.15, 0.2) is 16.9 Å². The van der Waals surface area contributed by atoms with Crippen LogP contribution in [0.3, 0.4) is 0 Å². The molecule has 0 aliphatic heterocycles. The highest BCUT2D eigenvalue weighted by molar-refractivity contribution is 5.80. The number of rotatable bonds is 1. The molecule has 1 heterocycles. The summed E-state index contributed by atoms with van der Waals surface area (Å²) in [4.78, 5) is 11.4. The molecule has 0 bridgehead atoms. The van der Waals surface area contributed by atoms with Gasteiger partial charge in [0.2, 0.25) is 0 Å². The summed E-state index contributed by atoms with van der Waals surface area (Å²) in [6.07, 6.45) is 1.29. The maximum Gasteiger partial charge on any atom is 0.192 e. The Morgan fingerprint density at radius 2 is 2.21 bits per heavy atom. The zero-order chi connectivity index (χ0) is 10.1. The first-order valence-electron chi connectivity index (χ1n) is 4.01. The van der Waals surface area contributed by atoms with Crippen LogP contribution in [0, 0.1) is 0 Å². The van der Waals surface area contributed by atoms with Crippen LogP contribution in [0.15, 0.2) is 33.7 Å². The van der Waals surface area contributed by atoms with Crippen molar-refractivity contribution in [1.29, 1.82) is 0 Å². The second-order valence-electron chi connectivity index (χ2n) is 2.81. The fraction of sp³-hybridized carbons (Fsp3) is 0.100. The van der Waals surface area contributed by atoms with E-state index in [0.717, 1.165) is 0 Å². The molecule has 0 aliphatic carbocycles. The lowest BCUT2D eigenvalue weighted by molar-refractivity contribution is 0.373. The lowest BCUT2D eigenvalue weighted by Crippen LogP contribution is -1.98. The van der Waals surface area contributed by atoms with Gasteiger partial charge in [-0.2, -0.15) is 0 Å². The van der Waals surface area contributed by atoms with Gasteiger partial charge in [0, 0.05) is 12.1 Å². The number of phenols is 1. The first-order valence-corrected chi connectivity index (χ1v) is 4.01. The summed E-state index contributed by atoms with van der Waals surface area (Å²) < 4.78 is 9.93. The van der Waals surface area contributed by atoms with E-state index in [0.29, 0.717) is 11.0 Å². The Kier molecular flexibility index (Phi) is 1.89. The zero-order valence-corrected chi connectivity index (χ0v) is 7.48. The number of benzene rings is 1. The minimum Gasteiger partial charge on any atom is -0.504 e. The molecule has 0 aliphatic rings. The van der Waals surface area contributed by atoms with Crippen molar-refractivity contribution in [1.82, 2.24) is 0 Å². The first kappa shape index (κ1) is 8.62. The second kappa shape index (κ2) is 3.06. The van der Waals surface area contributed by atoms with E-state index in [1.54, 1.807) is 0 Å². The second-order valence-corrected chi connectivity index (χ2v) is 2.81. The van der Waals surface area contributed by atoms with Crippen molar-refractivity contribution in [2.75, 3.05) is 7.11 Å². The number of aromatic hydroxyl groups is 1. The van der Waals surface area contributed by atoms with Gasteiger partial charge >= 0.3 is 0 Å². The van der Waals surface area contributed by atoms with Crippen LogP contribution in [0.2, 0.25) is 0 Å². The third-order valence-electron chi connectivity index (χ3n) is 1.96. The van der Waals surface area contributed by atoms with Gasteiger partial charge < -0.3 is 14.3 Å². The molecule has 0 atom stereocenters. The van der Waals surface area contributed by atoms with Crippen LogP contribution in [0.4, 0.5) is 0 Å². The van der Waals surface area contributed by atoms with Gasteiger partial charge in [-0.3, -0.25) is 4.79 Å². The molecule has 14 heavy (non-hydrogen) atoms. The largest absolute Gasteiger partial charge is 0.504 e. The van der Waals surface area contributed by atoms with Crippen LogP contribution < -0.4 is 10.2 Å². The molecule has 0 fully saturated rings. The van der Waals surface area contributed by atoms with Crippen molar-refractivity contribution in [3.63, 3.8) is 0 Å². The Bertz CT molecular complexity index is 527. The van der Waals surface area contributed by atoms with Gasteiger partial charge in [0.05, 0.1) is 18.8 Å².